The van der Waals surface area contributed by atoms with E-state index >= 15 is 0 Å². The first-order valence-corrected chi connectivity index (χ1v) is 8.88. The molecule has 1 aromatic heterocycles. The van der Waals surface area contributed by atoms with Crippen LogP contribution in [0.3, 0.4) is 0 Å². The molecule has 0 N–H and O–H groups in total. The Balaban J connectivity index is 1.99. The Morgan fingerprint density at radius 2 is 2.09 bits per heavy atom. The van der Waals surface area contributed by atoms with Crippen molar-refractivity contribution in [1.29, 1.82) is 0 Å². The average molecular weight is 349 g/mol. The van der Waals surface area contributed by atoms with E-state index in [9.17, 15) is 4.79 Å². The summed E-state index contributed by atoms with van der Waals surface area (Å²) in [7, 11) is 5.43. The summed E-state index contributed by atoms with van der Waals surface area (Å²) in [5.74, 6) is -0.298. The fraction of sp³-hybridized carbons (Fsp3) is 0.438. The molecule has 0 spiro atoms. The predicted molar refractivity (Wildman–Crippen MR) is 98.0 cm³/mol. The van der Waals surface area contributed by atoms with Crippen LogP contribution in [0.4, 0.5) is 5.69 Å². The number of thioether (sulfide) groups is 1. The fourth-order valence-corrected chi connectivity index (χ4v) is 4.62. The van der Waals surface area contributed by atoms with E-state index in [1.54, 1.807) is 23.1 Å². The van der Waals surface area contributed by atoms with Crippen molar-refractivity contribution in [2.24, 2.45) is 4.99 Å². The van der Waals surface area contributed by atoms with E-state index in [0.29, 0.717) is 0 Å². The number of anilines is 1. The van der Waals surface area contributed by atoms with E-state index in [4.69, 9.17) is 4.74 Å². The van der Waals surface area contributed by atoms with Crippen LogP contribution in [0.5, 0.6) is 0 Å². The summed E-state index contributed by atoms with van der Waals surface area (Å²) in [5, 5.41) is 1.68. The molecule has 1 aliphatic rings. The third-order valence-electron chi connectivity index (χ3n) is 3.76. The summed E-state index contributed by atoms with van der Waals surface area (Å²) in [6, 6.07) is 5.71. The highest BCUT2D eigenvalue weighted by Crippen LogP contribution is 2.41. The van der Waals surface area contributed by atoms with Gasteiger partial charge in [-0.1, -0.05) is 11.8 Å². The number of fused-ring (bicyclic) bond motifs is 1. The molecule has 2 heterocycles. The summed E-state index contributed by atoms with van der Waals surface area (Å²) < 4.78 is 5.67. The molecule has 2 aromatic rings. The molecule has 0 saturated heterocycles. The number of aliphatic imine (C=N–C) groups is 1. The lowest BCUT2D eigenvalue weighted by Gasteiger charge is -2.21. The molecule has 0 aliphatic carbocycles. The zero-order chi connectivity index (χ0) is 16.8. The van der Waals surface area contributed by atoms with Gasteiger partial charge in [-0.05, 0) is 32.0 Å². The molecule has 0 fully saturated rings. The Morgan fingerprint density at radius 1 is 1.35 bits per heavy atom. The third kappa shape index (κ3) is 2.95. The number of nitrogens with zero attached hydrogens (tertiary/aromatic N) is 3. The monoisotopic (exact) mass is 349 g/mol. The van der Waals surface area contributed by atoms with Crippen LogP contribution in [0.2, 0.25) is 0 Å². The lowest BCUT2D eigenvalue weighted by atomic mass is 10.0. The molecular weight excluding hydrogens is 330 g/mol. The van der Waals surface area contributed by atoms with E-state index < -0.39 is 6.04 Å². The SMILES string of the molecule is COC(=O)[C@@H]1N=C(c2nc3ccc(N(C)C)cc3s2)SC1(C)C. The van der Waals surface area contributed by atoms with Gasteiger partial charge < -0.3 is 9.64 Å². The van der Waals surface area contributed by atoms with Gasteiger partial charge in [-0.2, -0.15) is 0 Å². The van der Waals surface area contributed by atoms with Crippen LogP contribution in [0.15, 0.2) is 23.2 Å². The molecule has 122 valence electrons. The zero-order valence-electron chi connectivity index (χ0n) is 13.8. The molecule has 1 atom stereocenters. The number of esters is 1. The highest BCUT2D eigenvalue weighted by atomic mass is 32.2. The van der Waals surface area contributed by atoms with Crippen molar-refractivity contribution in [3.8, 4) is 0 Å². The molecular formula is C16H19N3O2S2. The number of aromatic nitrogens is 1. The molecule has 0 saturated carbocycles. The van der Waals surface area contributed by atoms with Crippen LogP contribution in [0.25, 0.3) is 10.2 Å². The molecule has 5 nitrogen and oxygen atoms in total. The molecule has 0 radical (unpaired) electrons. The van der Waals surface area contributed by atoms with E-state index in [1.165, 1.54) is 7.11 Å². The maximum absolute atomic E-state index is 11.9. The highest BCUT2D eigenvalue weighted by Gasteiger charge is 2.44. The van der Waals surface area contributed by atoms with Gasteiger partial charge >= 0.3 is 5.97 Å². The minimum absolute atomic E-state index is 0.298. The summed E-state index contributed by atoms with van der Waals surface area (Å²) in [6.07, 6.45) is 0. The van der Waals surface area contributed by atoms with Gasteiger partial charge in [0.15, 0.2) is 6.04 Å². The number of hydrogen-bond acceptors (Lipinski definition) is 7. The van der Waals surface area contributed by atoms with E-state index in [0.717, 1.165) is 26.0 Å². The van der Waals surface area contributed by atoms with E-state index in [-0.39, 0.29) is 10.7 Å². The molecule has 7 heteroatoms. The molecule has 0 bridgehead atoms. The fourth-order valence-electron chi connectivity index (χ4n) is 2.43. The second-order valence-electron chi connectivity index (χ2n) is 6.13. The molecule has 0 amide bonds. The van der Waals surface area contributed by atoms with Gasteiger partial charge in [0.05, 0.1) is 17.3 Å². The lowest BCUT2D eigenvalue weighted by Crippen LogP contribution is -2.35. The maximum Gasteiger partial charge on any atom is 0.332 e. The van der Waals surface area contributed by atoms with Gasteiger partial charge in [0, 0.05) is 24.5 Å². The smallest absolute Gasteiger partial charge is 0.332 e. The van der Waals surface area contributed by atoms with Crippen molar-refractivity contribution in [2.45, 2.75) is 24.6 Å². The number of ether oxygens (including phenoxy) is 1. The number of methoxy groups -OCH3 is 1. The zero-order valence-corrected chi connectivity index (χ0v) is 15.4. The first-order chi connectivity index (χ1) is 10.8. The Kier molecular flexibility index (Phi) is 4.10. The number of thiazole rings is 1. The summed E-state index contributed by atoms with van der Waals surface area (Å²) >= 11 is 3.19. The first-order valence-electron chi connectivity index (χ1n) is 7.25. The number of benzene rings is 1. The Labute approximate surface area is 143 Å². The standard InChI is InChI=1S/C16H19N3O2S2/c1-16(2)12(15(20)21-5)18-14(23-16)13-17-10-7-6-9(19(3)4)8-11(10)22-13/h6-8,12H,1-5H3/t12-/m0/s1. The van der Waals surface area contributed by atoms with Crippen LogP contribution >= 0.6 is 23.1 Å². The van der Waals surface area contributed by atoms with Crippen molar-refractivity contribution in [1.82, 2.24) is 4.98 Å². The summed E-state index contributed by atoms with van der Waals surface area (Å²) in [5.41, 5.74) is 2.10. The van der Waals surface area contributed by atoms with Gasteiger partial charge in [0.2, 0.25) is 0 Å². The maximum atomic E-state index is 11.9. The third-order valence-corrected chi connectivity index (χ3v) is 6.16. The number of hydrogen-bond donors (Lipinski definition) is 0. The molecule has 1 aromatic carbocycles. The summed E-state index contributed by atoms with van der Waals surface area (Å²) in [4.78, 5) is 23.3. The lowest BCUT2D eigenvalue weighted by molar-refractivity contribution is -0.142. The second-order valence-corrected chi connectivity index (χ2v) is 8.80. The Bertz CT molecular complexity index is 796. The topological polar surface area (TPSA) is 54.8 Å². The van der Waals surface area contributed by atoms with Crippen molar-refractivity contribution in [3.63, 3.8) is 0 Å². The summed E-state index contributed by atoms with van der Waals surface area (Å²) in [6.45, 7) is 4.01. The van der Waals surface area contributed by atoms with Crippen molar-refractivity contribution in [2.75, 3.05) is 26.1 Å². The Morgan fingerprint density at radius 3 is 2.74 bits per heavy atom. The van der Waals surface area contributed by atoms with Gasteiger partial charge in [0.25, 0.3) is 0 Å². The van der Waals surface area contributed by atoms with E-state index in [1.807, 2.05) is 34.0 Å². The normalized spacial score (nSPS) is 19.7. The van der Waals surface area contributed by atoms with Crippen LogP contribution in [-0.2, 0) is 9.53 Å². The molecule has 23 heavy (non-hydrogen) atoms. The molecule has 1 aliphatic heterocycles. The van der Waals surface area contributed by atoms with Crippen molar-refractivity contribution in [3.05, 3.63) is 23.2 Å². The van der Waals surface area contributed by atoms with Gasteiger partial charge in [-0.3, -0.25) is 4.99 Å². The molecule has 3 rings (SSSR count). The first kappa shape index (κ1) is 16.3. The van der Waals surface area contributed by atoms with Gasteiger partial charge in [0.1, 0.15) is 10.1 Å². The molecule has 0 unspecified atom stereocenters. The van der Waals surface area contributed by atoms with Crippen LogP contribution in [0.1, 0.15) is 18.9 Å². The van der Waals surface area contributed by atoms with Crippen LogP contribution in [-0.4, -0.2) is 48.0 Å². The second kappa shape index (κ2) is 5.79. The van der Waals surface area contributed by atoms with Gasteiger partial charge in [-0.15, -0.1) is 11.3 Å². The van der Waals surface area contributed by atoms with Crippen molar-refractivity contribution >= 4 is 50.0 Å². The van der Waals surface area contributed by atoms with Crippen LogP contribution < -0.4 is 4.90 Å². The van der Waals surface area contributed by atoms with Gasteiger partial charge in [-0.25, -0.2) is 9.78 Å². The number of rotatable bonds is 3. The predicted octanol–water partition coefficient (Wildman–Crippen LogP) is 3.18. The average Bonchev–Trinajstić information content (AvgIpc) is 3.05. The largest absolute Gasteiger partial charge is 0.467 e. The quantitative estimate of drug-likeness (QED) is 0.797. The minimum Gasteiger partial charge on any atom is -0.467 e. The van der Waals surface area contributed by atoms with Crippen molar-refractivity contribution < 1.29 is 9.53 Å². The number of carbonyl (C=O) groups excluding carboxylic acids is 1. The number of carbonyl (C=O) groups is 1. The Hall–Kier alpha value is -1.60. The highest BCUT2D eigenvalue weighted by molar-refractivity contribution is 8.16. The van der Waals surface area contributed by atoms with E-state index in [2.05, 4.69) is 27.0 Å². The van der Waals surface area contributed by atoms with Crippen LogP contribution in [0, 0.1) is 0 Å². The minimum atomic E-state index is -0.489.